The van der Waals surface area contributed by atoms with E-state index in [4.69, 9.17) is 0 Å². The lowest BCUT2D eigenvalue weighted by Crippen LogP contribution is -2.72. The molecule has 0 saturated heterocycles. The average Bonchev–Trinajstić information content (AvgIpc) is 2.94. The summed E-state index contributed by atoms with van der Waals surface area (Å²) in [7, 11) is -5.55. The maximum absolute atomic E-state index is 2.78. The van der Waals surface area contributed by atoms with Gasteiger partial charge in [0.15, 0.2) is 16.1 Å². The van der Waals surface area contributed by atoms with Crippen molar-refractivity contribution in [2.24, 2.45) is 0 Å². The molecule has 4 aliphatic rings. The van der Waals surface area contributed by atoms with E-state index >= 15 is 0 Å². The van der Waals surface area contributed by atoms with Crippen molar-refractivity contribution in [3.05, 3.63) is 302 Å². The summed E-state index contributed by atoms with van der Waals surface area (Å²) in [4.78, 5) is 0. The highest BCUT2D eigenvalue weighted by Gasteiger charge is 2.51. The molecule has 1 saturated carbocycles. The second kappa shape index (κ2) is 17.9. The fourth-order valence-corrected chi connectivity index (χ4v) is 27.0. The van der Waals surface area contributed by atoms with Crippen LogP contribution in [0.4, 0.5) is 0 Å². The molecule has 0 aromatic heterocycles. The predicted octanol–water partition coefficient (Wildman–Crippen LogP) is 14.6. The summed E-state index contributed by atoms with van der Waals surface area (Å²) in [6, 6.07) is 113. The van der Waals surface area contributed by atoms with Gasteiger partial charge in [-0.05, 0) is 160 Å². The Morgan fingerprint density at radius 3 is 1.05 bits per heavy atom. The van der Waals surface area contributed by atoms with Crippen LogP contribution in [0.15, 0.2) is 291 Å². The molecule has 0 unspecified atom stereocenters. The van der Waals surface area contributed by atoms with Crippen molar-refractivity contribution in [2.75, 3.05) is 0 Å². The summed E-state index contributed by atoms with van der Waals surface area (Å²) < 4.78 is 0. The molecule has 0 N–H and O–H groups in total. The van der Waals surface area contributed by atoms with Gasteiger partial charge in [-0.15, -0.1) is 0 Å². The quantitative estimate of drug-likeness (QED) is 0.110. The fraction of sp³-hybridized carbons (Fsp3) is 0.0633. The van der Waals surface area contributed by atoms with Gasteiger partial charge in [0.2, 0.25) is 0 Å². The standard InChI is InChI=1S/C79H56Si2/c1-5-26-53(27-6-1)80(54-28-7-2-8-29-54)71-46-17-14-35-64(71)77-59(41-24-48-73(77)80)57-37-21-39-61-67(57)52-68-58(38-22-40-62(68)75(61)66-43-23-45-70-76(66)63-34-13-16-44-69(63)79(70)50-19-20-51-79)60-42-25-49-74-78(60)65-36-15-18-47-72(65)81(74,55-30-9-3-10-31-55)56-32-11-4-12-33-56/h1-18,21-49,52H,19-20,50-51H2. The van der Waals surface area contributed by atoms with E-state index in [1.54, 1.807) is 0 Å². The topological polar surface area (TPSA) is 0 Å². The largest absolute Gasteiger partial charge is 0.180 e. The molecule has 13 aromatic rings. The number of benzene rings is 13. The first kappa shape index (κ1) is 46.7. The van der Waals surface area contributed by atoms with Crippen LogP contribution in [0.1, 0.15) is 36.8 Å². The minimum absolute atomic E-state index is 0.0381. The molecule has 1 fully saturated rings. The van der Waals surface area contributed by atoms with Gasteiger partial charge in [0.05, 0.1) is 0 Å². The Morgan fingerprint density at radius 2 is 0.568 bits per heavy atom. The molecule has 81 heavy (non-hydrogen) atoms. The average molecular weight is 1060 g/mol. The summed E-state index contributed by atoms with van der Waals surface area (Å²) in [6.45, 7) is 0. The Balaban J connectivity index is 0.998. The third kappa shape index (κ3) is 6.29. The maximum Gasteiger partial charge on any atom is 0.180 e. The van der Waals surface area contributed by atoms with Crippen molar-refractivity contribution in [2.45, 2.75) is 31.1 Å². The third-order valence-electron chi connectivity index (χ3n) is 19.6. The molecule has 0 nitrogen and oxygen atoms in total. The van der Waals surface area contributed by atoms with Crippen LogP contribution in [0.2, 0.25) is 0 Å². The highest BCUT2D eigenvalue weighted by Crippen LogP contribution is 2.60. The first-order chi connectivity index (χ1) is 40.2. The summed E-state index contributed by atoms with van der Waals surface area (Å²) >= 11 is 0. The van der Waals surface area contributed by atoms with Crippen molar-refractivity contribution < 1.29 is 0 Å². The predicted molar refractivity (Wildman–Crippen MR) is 348 cm³/mol. The summed E-state index contributed by atoms with van der Waals surface area (Å²) in [5, 5.41) is 16.6. The number of hydrogen-bond acceptors (Lipinski definition) is 0. The van der Waals surface area contributed by atoms with E-state index in [2.05, 4.69) is 291 Å². The minimum atomic E-state index is -2.78. The van der Waals surface area contributed by atoms with Crippen LogP contribution in [-0.2, 0) is 5.41 Å². The smallest absolute Gasteiger partial charge is 0.0623 e. The second-order valence-corrected chi connectivity index (χ2v) is 30.6. The zero-order chi connectivity index (χ0) is 53.3. The molecule has 2 heterocycles. The van der Waals surface area contributed by atoms with Gasteiger partial charge in [0, 0.05) is 5.41 Å². The highest BCUT2D eigenvalue weighted by atomic mass is 28.3. The monoisotopic (exact) mass is 1060 g/mol. The molecule has 2 heteroatoms. The molecule has 17 rings (SSSR count). The Labute approximate surface area is 476 Å². The van der Waals surface area contributed by atoms with Gasteiger partial charge in [0.1, 0.15) is 0 Å². The zero-order valence-electron chi connectivity index (χ0n) is 45.0. The van der Waals surface area contributed by atoms with Gasteiger partial charge in [-0.2, -0.15) is 0 Å². The van der Waals surface area contributed by atoms with E-state index in [1.807, 2.05) is 0 Å². The number of rotatable bonds is 7. The van der Waals surface area contributed by atoms with E-state index in [9.17, 15) is 0 Å². The lowest BCUT2D eigenvalue weighted by molar-refractivity contribution is 0.550. The Bertz CT molecular complexity index is 4370. The third-order valence-corrected chi connectivity index (χ3v) is 29.3. The maximum atomic E-state index is 2.60. The lowest BCUT2D eigenvalue weighted by atomic mass is 9.76. The fourth-order valence-electron chi connectivity index (χ4n) is 16.6. The van der Waals surface area contributed by atoms with Crippen molar-refractivity contribution in [3.8, 4) is 66.8 Å². The molecule has 0 bridgehead atoms. The van der Waals surface area contributed by atoms with Crippen LogP contribution in [0, 0.1) is 0 Å². The van der Waals surface area contributed by atoms with Crippen molar-refractivity contribution in [1.82, 2.24) is 0 Å². The highest BCUT2D eigenvalue weighted by molar-refractivity contribution is 7.23. The van der Waals surface area contributed by atoms with Crippen LogP contribution in [0.3, 0.4) is 0 Å². The summed E-state index contributed by atoms with van der Waals surface area (Å²) in [5.41, 5.74) is 19.1. The van der Waals surface area contributed by atoms with Gasteiger partial charge >= 0.3 is 0 Å². The van der Waals surface area contributed by atoms with Gasteiger partial charge in [-0.25, -0.2) is 0 Å². The molecule has 2 aliphatic carbocycles. The summed E-state index contributed by atoms with van der Waals surface area (Å²) in [6.07, 6.45) is 4.90. The molecule has 0 radical (unpaired) electrons. The van der Waals surface area contributed by atoms with Gasteiger partial charge in [-0.1, -0.05) is 298 Å². The zero-order valence-corrected chi connectivity index (χ0v) is 47.0. The van der Waals surface area contributed by atoms with E-state index in [-0.39, 0.29) is 5.41 Å². The first-order valence-corrected chi connectivity index (χ1v) is 33.1. The van der Waals surface area contributed by atoms with E-state index in [0.717, 1.165) is 0 Å². The van der Waals surface area contributed by atoms with Crippen molar-refractivity contribution in [3.63, 3.8) is 0 Å². The Morgan fingerprint density at radius 1 is 0.222 bits per heavy atom. The molecule has 0 atom stereocenters. The second-order valence-electron chi connectivity index (χ2n) is 23.1. The molecule has 1 spiro atoms. The van der Waals surface area contributed by atoms with E-state index in [1.165, 1.54) is 167 Å². The first-order valence-electron chi connectivity index (χ1n) is 29.1. The van der Waals surface area contributed by atoms with E-state index < -0.39 is 16.1 Å². The Kier molecular flexibility index (Phi) is 10.3. The van der Waals surface area contributed by atoms with Crippen LogP contribution in [0.25, 0.3) is 88.3 Å². The van der Waals surface area contributed by atoms with Crippen LogP contribution < -0.4 is 41.5 Å². The van der Waals surface area contributed by atoms with Crippen LogP contribution in [0.5, 0.6) is 0 Å². The molecule has 380 valence electrons. The lowest BCUT2D eigenvalue weighted by Gasteiger charge is -2.31. The molecular weight excluding hydrogens is 1010 g/mol. The SMILES string of the molecule is c1ccc([Si]2(c3ccccc3)c3ccccc3-c3c(-c4cccc5c(-c6cccc7c6-c6ccccc6C76CCCC6)c6cccc(-c7cccc8c7-c7ccccc7[Si]8(c7ccccc7)c7ccccc7)c6cc45)cccc32)cc1. The molecular formula is C79H56Si2. The van der Waals surface area contributed by atoms with Crippen LogP contribution in [-0.4, -0.2) is 16.1 Å². The van der Waals surface area contributed by atoms with Gasteiger partial charge in [-0.3, -0.25) is 0 Å². The number of hydrogen-bond donors (Lipinski definition) is 0. The summed E-state index contributed by atoms with van der Waals surface area (Å²) in [5.74, 6) is 0. The van der Waals surface area contributed by atoms with Crippen molar-refractivity contribution >= 4 is 79.2 Å². The van der Waals surface area contributed by atoms with E-state index in [0.29, 0.717) is 0 Å². The molecule has 13 aromatic carbocycles. The van der Waals surface area contributed by atoms with Gasteiger partial charge < -0.3 is 0 Å². The minimum Gasteiger partial charge on any atom is -0.0623 e. The van der Waals surface area contributed by atoms with Crippen LogP contribution >= 0.6 is 0 Å². The normalized spacial score (nSPS) is 15.3. The molecule has 2 aliphatic heterocycles. The Hall–Kier alpha value is -9.19. The molecule has 0 amide bonds. The van der Waals surface area contributed by atoms with Gasteiger partial charge in [0.25, 0.3) is 0 Å². The van der Waals surface area contributed by atoms with Crippen molar-refractivity contribution in [1.29, 1.82) is 0 Å². The number of fused-ring (bicyclic) bond motifs is 13.